The molecule has 0 aliphatic heterocycles. The summed E-state index contributed by atoms with van der Waals surface area (Å²) in [5, 5.41) is 27.2. The Bertz CT molecular complexity index is 1770. The van der Waals surface area contributed by atoms with Crippen molar-refractivity contribution in [3.63, 3.8) is 0 Å². The first-order chi connectivity index (χ1) is 19.0. The summed E-state index contributed by atoms with van der Waals surface area (Å²) in [5.74, 6) is 0.791. The van der Waals surface area contributed by atoms with Crippen LogP contribution >= 0.6 is 0 Å². The maximum atomic E-state index is 11.7. The van der Waals surface area contributed by atoms with Crippen LogP contribution in [-0.2, 0) is 0 Å². The van der Waals surface area contributed by atoms with Crippen molar-refractivity contribution in [3.05, 3.63) is 142 Å². The average molecular weight is 513 g/mol. The van der Waals surface area contributed by atoms with Gasteiger partial charge in [0.2, 0.25) is 0 Å². The Morgan fingerprint density at radius 1 is 0.462 bits per heavy atom. The summed E-state index contributed by atoms with van der Waals surface area (Å²) in [4.78, 5) is 22.5. The Morgan fingerprint density at radius 3 is 1.31 bits per heavy atom. The smallest absolute Gasteiger partial charge is 0.270 e. The van der Waals surface area contributed by atoms with Crippen LogP contribution in [0.4, 0.5) is 11.4 Å². The number of nitro groups is 2. The van der Waals surface area contributed by atoms with Gasteiger partial charge in [-0.2, -0.15) is 0 Å². The van der Waals surface area contributed by atoms with E-state index in [0.717, 1.165) is 32.7 Å². The summed E-state index contributed by atoms with van der Waals surface area (Å²) < 4.78 is 6.47. The Balaban J connectivity index is 1.57. The number of rotatable bonds is 6. The van der Waals surface area contributed by atoms with E-state index in [9.17, 15) is 20.2 Å². The van der Waals surface area contributed by atoms with Gasteiger partial charge in [-0.3, -0.25) is 20.2 Å². The van der Waals surface area contributed by atoms with Crippen LogP contribution in [0.3, 0.4) is 0 Å². The van der Waals surface area contributed by atoms with Crippen molar-refractivity contribution < 1.29 is 14.6 Å². The second kappa shape index (κ2) is 9.72. The van der Waals surface area contributed by atoms with E-state index in [-0.39, 0.29) is 11.4 Å². The SMILES string of the molecule is O=[N+]([O-])c1ccc(Oc2ccc([N+](=O)[O-])cc2-c2cccc3ccccc23)c(-c2cccc3ccccc23)c1. The molecule has 7 heteroatoms. The van der Waals surface area contributed by atoms with Gasteiger partial charge < -0.3 is 4.74 Å². The van der Waals surface area contributed by atoms with Crippen LogP contribution in [0.15, 0.2) is 121 Å². The van der Waals surface area contributed by atoms with Crippen molar-refractivity contribution in [3.8, 4) is 33.8 Å². The van der Waals surface area contributed by atoms with E-state index in [0.29, 0.717) is 22.6 Å². The summed E-state index contributed by atoms with van der Waals surface area (Å²) in [5.41, 5.74) is 2.51. The quantitative estimate of drug-likeness (QED) is 0.164. The van der Waals surface area contributed by atoms with Gasteiger partial charge in [-0.15, -0.1) is 0 Å². The van der Waals surface area contributed by atoms with Crippen molar-refractivity contribution >= 4 is 32.9 Å². The lowest BCUT2D eigenvalue weighted by molar-refractivity contribution is -0.385. The minimum atomic E-state index is -0.439. The molecule has 0 saturated carbocycles. The third-order valence-electron chi connectivity index (χ3n) is 6.73. The number of hydrogen-bond acceptors (Lipinski definition) is 5. The first-order valence-corrected chi connectivity index (χ1v) is 12.2. The Hall–Kier alpha value is -5.56. The van der Waals surface area contributed by atoms with Gasteiger partial charge in [0.05, 0.1) is 9.85 Å². The molecule has 0 saturated heterocycles. The first kappa shape index (κ1) is 23.8. The van der Waals surface area contributed by atoms with Crippen molar-refractivity contribution in [2.45, 2.75) is 0 Å². The van der Waals surface area contributed by atoms with Gasteiger partial charge in [0.15, 0.2) is 0 Å². The van der Waals surface area contributed by atoms with E-state index in [1.165, 1.54) is 24.3 Å². The summed E-state index contributed by atoms with van der Waals surface area (Å²) in [6.45, 7) is 0. The van der Waals surface area contributed by atoms with E-state index in [2.05, 4.69) is 0 Å². The third-order valence-corrected chi connectivity index (χ3v) is 6.73. The number of ether oxygens (including phenoxy) is 1. The molecule has 6 aromatic carbocycles. The fraction of sp³-hybridized carbons (Fsp3) is 0. The molecular formula is C32H20N2O5. The van der Waals surface area contributed by atoms with Gasteiger partial charge in [-0.05, 0) is 44.8 Å². The van der Waals surface area contributed by atoms with Crippen molar-refractivity contribution in [2.75, 3.05) is 0 Å². The van der Waals surface area contributed by atoms with Crippen molar-refractivity contribution in [1.29, 1.82) is 0 Å². The number of nitro benzene ring substituents is 2. The van der Waals surface area contributed by atoms with Crippen LogP contribution in [0.2, 0.25) is 0 Å². The summed E-state index contributed by atoms with van der Waals surface area (Å²) in [6, 6.07) is 36.1. The van der Waals surface area contributed by atoms with Crippen molar-refractivity contribution in [2.24, 2.45) is 0 Å². The van der Waals surface area contributed by atoms with Gasteiger partial charge in [-0.1, -0.05) is 84.9 Å². The van der Waals surface area contributed by atoms with Crippen LogP contribution in [-0.4, -0.2) is 9.85 Å². The number of hydrogen-bond donors (Lipinski definition) is 0. The van der Waals surface area contributed by atoms with Crippen LogP contribution in [0.5, 0.6) is 11.5 Å². The molecule has 0 spiro atoms. The second-order valence-electron chi connectivity index (χ2n) is 9.03. The number of nitrogens with zero attached hydrogens (tertiary/aromatic N) is 2. The molecule has 0 heterocycles. The molecule has 0 atom stereocenters. The molecule has 0 bridgehead atoms. The van der Waals surface area contributed by atoms with Crippen LogP contribution in [0.1, 0.15) is 0 Å². The fourth-order valence-corrected chi connectivity index (χ4v) is 4.90. The molecule has 7 nitrogen and oxygen atoms in total. The molecule has 0 aliphatic rings. The van der Waals surface area contributed by atoms with E-state index in [1.54, 1.807) is 12.1 Å². The average Bonchev–Trinajstić information content (AvgIpc) is 2.97. The molecular weight excluding hydrogens is 492 g/mol. The highest BCUT2D eigenvalue weighted by Gasteiger charge is 2.20. The predicted molar refractivity (Wildman–Crippen MR) is 152 cm³/mol. The summed E-state index contributed by atoms with van der Waals surface area (Å²) >= 11 is 0. The molecule has 0 unspecified atom stereocenters. The molecule has 0 aromatic heterocycles. The summed E-state index contributed by atoms with van der Waals surface area (Å²) in [6.07, 6.45) is 0. The zero-order valence-corrected chi connectivity index (χ0v) is 20.5. The van der Waals surface area contributed by atoms with Crippen LogP contribution in [0, 0.1) is 20.2 Å². The van der Waals surface area contributed by atoms with E-state index in [4.69, 9.17) is 4.74 Å². The molecule has 39 heavy (non-hydrogen) atoms. The fourth-order valence-electron chi connectivity index (χ4n) is 4.90. The zero-order chi connectivity index (χ0) is 26.9. The largest absolute Gasteiger partial charge is 0.456 e. The molecule has 0 aliphatic carbocycles. The number of fused-ring (bicyclic) bond motifs is 2. The number of benzene rings is 6. The highest BCUT2D eigenvalue weighted by Crippen LogP contribution is 2.43. The molecule has 6 rings (SSSR count). The standard InChI is InChI=1S/C32H20N2O5/c35-33(36)23-15-17-31(29(19-23)27-13-5-9-21-7-1-3-11-25(21)27)39-32-18-16-24(34(37)38)20-30(32)28-14-6-10-22-8-2-4-12-26(22)28/h1-20H. The molecule has 6 aromatic rings. The second-order valence-corrected chi connectivity index (χ2v) is 9.03. The highest BCUT2D eigenvalue weighted by molar-refractivity contribution is 6.00. The summed E-state index contributed by atoms with van der Waals surface area (Å²) in [7, 11) is 0. The van der Waals surface area contributed by atoms with E-state index < -0.39 is 9.85 Å². The third kappa shape index (κ3) is 4.42. The van der Waals surface area contributed by atoms with Crippen LogP contribution < -0.4 is 4.74 Å². The van der Waals surface area contributed by atoms with E-state index in [1.807, 2.05) is 84.9 Å². The van der Waals surface area contributed by atoms with E-state index >= 15 is 0 Å². The van der Waals surface area contributed by atoms with Gasteiger partial charge in [-0.25, -0.2) is 0 Å². The lowest BCUT2D eigenvalue weighted by Gasteiger charge is -2.17. The minimum absolute atomic E-state index is 0.0664. The van der Waals surface area contributed by atoms with Gasteiger partial charge >= 0.3 is 0 Å². The zero-order valence-electron chi connectivity index (χ0n) is 20.5. The lowest BCUT2D eigenvalue weighted by atomic mass is 9.96. The Labute approximate surface area is 222 Å². The maximum absolute atomic E-state index is 11.7. The van der Waals surface area contributed by atoms with Crippen LogP contribution in [0.25, 0.3) is 43.8 Å². The van der Waals surface area contributed by atoms with Gasteiger partial charge in [0.25, 0.3) is 11.4 Å². The molecule has 188 valence electrons. The maximum Gasteiger partial charge on any atom is 0.270 e. The first-order valence-electron chi connectivity index (χ1n) is 12.2. The molecule has 0 N–H and O–H groups in total. The van der Waals surface area contributed by atoms with Crippen molar-refractivity contribution in [1.82, 2.24) is 0 Å². The highest BCUT2D eigenvalue weighted by atomic mass is 16.6. The molecule has 0 amide bonds. The normalized spacial score (nSPS) is 11.0. The lowest BCUT2D eigenvalue weighted by Crippen LogP contribution is -1.96. The van der Waals surface area contributed by atoms with Gasteiger partial charge in [0, 0.05) is 35.4 Å². The topological polar surface area (TPSA) is 95.5 Å². The number of non-ortho nitro benzene ring substituents is 2. The molecule has 0 fully saturated rings. The monoisotopic (exact) mass is 512 g/mol. The predicted octanol–water partition coefficient (Wildman–Crippen LogP) is 8.94. The Kier molecular flexibility index (Phi) is 5.93. The van der Waals surface area contributed by atoms with Gasteiger partial charge in [0.1, 0.15) is 11.5 Å². The Morgan fingerprint density at radius 2 is 0.872 bits per heavy atom. The molecule has 0 radical (unpaired) electrons. The minimum Gasteiger partial charge on any atom is -0.456 e.